The molecule has 24 heavy (non-hydrogen) atoms. The van der Waals surface area contributed by atoms with Gasteiger partial charge in [0.25, 0.3) is 0 Å². The Morgan fingerprint density at radius 1 is 1.25 bits per heavy atom. The van der Waals surface area contributed by atoms with Gasteiger partial charge in [-0.05, 0) is 64.9 Å². The molecule has 1 heterocycles. The third kappa shape index (κ3) is 4.73. The molecular formula is C20H31NO3. The number of rotatable bonds is 7. The zero-order chi connectivity index (χ0) is 17.7. The van der Waals surface area contributed by atoms with Gasteiger partial charge in [0.05, 0.1) is 12.0 Å². The molecule has 0 aliphatic carbocycles. The molecular weight excluding hydrogens is 302 g/mol. The van der Waals surface area contributed by atoms with Crippen LogP contribution in [0.2, 0.25) is 0 Å². The van der Waals surface area contributed by atoms with Gasteiger partial charge in [-0.2, -0.15) is 0 Å². The van der Waals surface area contributed by atoms with Gasteiger partial charge in [0.15, 0.2) is 0 Å². The van der Waals surface area contributed by atoms with E-state index in [0.29, 0.717) is 18.3 Å². The average molecular weight is 333 g/mol. The first-order valence-corrected chi connectivity index (χ1v) is 9.06. The molecule has 4 heteroatoms. The molecule has 134 valence electrons. The lowest BCUT2D eigenvalue weighted by atomic mass is 9.97. The Bertz CT molecular complexity index is 556. The van der Waals surface area contributed by atoms with Crippen molar-refractivity contribution in [2.24, 2.45) is 5.41 Å². The molecule has 2 rings (SSSR count). The van der Waals surface area contributed by atoms with Gasteiger partial charge in [-0.15, -0.1) is 0 Å². The number of ether oxygens (including phenoxy) is 2. The maximum absolute atomic E-state index is 12.1. The van der Waals surface area contributed by atoms with Crippen LogP contribution in [0.1, 0.15) is 58.9 Å². The lowest BCUT2D eigenvalue weighted by Crippen LogP contribution is -2.30. The zero-order valence-electron chi connectivity index (χ0n) is 15.7. The molecule has 0 amide bonds. The summed E-state index contributed by atoms with van der Waals surface area (Å²) in [7, 11) is 0. The standard InChI is InChI=1S/C20H31NO3/c1-6-10-21(11-7-2)13-15-14-23-18-9-8-16(12-17(15)18)24-19(22)20(3,4)5/h8-9,12,15H,6-7,10-11,13-14H2,1-5H3. The number of carbonyl (C=O) groups excluding carboxylic acids is 1. The summed E-state index contributed by atoms with van der Waals surface area (Å²) in [4.78, 5) is 14.6. The van der Waals surface area contributed by atoms with Gasteiger partial charge >= 0.3 is 5.97 Å². The van der Waals surface area contributed by atoms with Gasteiger partial charge < -0.3 is 14.4 Å². The lowest BCUT2D eigenvalue weighted by Gasteiger charge is -2.24. The van der Waals surface area contributed by atoms with E-state index in [0.717, 1.165) is 43.8 Å². The van der Waals surface area contributed by atoms with Crippen LogP contribution in [0.4, 0.5) is 0 Å². The van der Waals surface area contributed by atoms with Crippen LogP contribution in [-0.2, 0) is 4.79 Å². The molecule has 1 aliphatic heterocycles. The Morgan fingerprint density at radius 2 is 1.92 bits per heavy atom. The maximum Gasteiger partial charge on any atom is 0.316 e. The quantitative estimate of drug-likeness (QED) is 0.553. The number of carbonyl (C=O) groups is 1. The Labute approximate surface area is 146 Å². The highest BCUT2D eigenvalue weighted by molar-refractivity contribution is 5.78. The van der Waals surface area contributed by atoms with Crippen LogP contribution >= 0.6 is 0 Å². The van der Waals surface area contributed by atoms with Crippen molar-refractivity contribution >= 4 is 5.97 Å². The Morgan fingerprint density at radius 3 is 2.50 bits per heavy atom. The molecule has 1 unspecified atom stereocenters. The number of hydrogen-bond donors (Lipinski definition) is 0. The van der Waals surface area contributed by atoms with Crippen LogP contribution in [0.25, 0.3) is 0 Å². The largest absolute Gasteiger partial charge is 0.493 e. The fourth-order valence-corrected chi connectivity index (χ4v) is 2.97. The fraction of sp³-hybridized carbons (Fsp3) is 0.650. The minimum atomic E-state index is -0.506. The third-order valence-corrected chi connectivity index (χ3v) is 4.24. The number of hydrogen-bond acceptors (Lipinski definition) is 4. The molecule has 0 spiro atoms. The van der Waals surface area contributed by atoms with E-state index in [1.807, 2.05) is 39.0 Å². The van der Waals surface area contributed by atoms with E-state index in [4.69, 9.17) is 9.47 Å². The predicted octanol–water partition coefficient (Wildman–Crippen LogP) is 4.24. The van der Waals surface area contributed by atoms with Crippen molar-refractivity contribution in [1.29, 1.82) is 0 Å². The zero-order valence-corrected chi connectivity index (χ0v) is 15.7. The van der Waals surface area contributed by atoms with Crippen molar-refractivity contribution in [1.82, 2.24) is 4.90 Å². The summed E-state index contributed by atoms with van der Waals surface area (Å²) in [6, 6.07) is 5.72. The highest BCUT2D eigenvalue weighted by Crippen LogP contribution is 2.37. The van der Waals surface area contributed by atoms with Gasteiger partial charge in [0, 0.05) is 18.0 Å². The van der Waals surface area contributed by atoms with E-state index in [-0.39, 0.29) is 5.97 Å². The average Bonchev–Trinajstić information content (AvgIpc) is 2.89. The monoisotopic (exact) mass is 333 g/mol. The lowest BCUT2D eigenvalue weighted by molar-refractivity contribution is -0.143. The summed E-state index contributed by atoms with van der Waals surface area (Å²) in [6.45, 7) is 13.9. The molecule has 0 saturated heterocycles. The van der Waals surface area contributed by atoms with Crippen molar-refractivity contribution in [2.45, 2.75) is 53.4 Å². The molecule has 4 nitrogen and oxygen atoms in total. The summed E-state index contributed by atoms with van der Waals surface area (Å²) in [5, 5.41) is 0. The van der Waals surface area contributed by atoms with Crippen LogP contribution in [0, 0.1) is 5.41 Å². The fourth-order valence-electron chi connectivity index (χ4n) is 2.97. The predicted molar refractivity (Wildman–Crippen MR) is 96.8 cm³/mol. The van der Waals surface area contributed by atoms with Gasteiger partial charge in [-0.1, -0.05) is 13.8 Å². The van der Waals surface area contributed by atoms with Crippen LogP contribution in [0.3, 0.4) is 0 Å². The van der Waals surface area contributed by atoms with Gasteiger partial charge in [-0.3, -0.25) is 4.79 Å². The highest BCUT2D eigenvalue weighted by atomic mass is 16.5. The minimum Gasteiger partial charge on any atom is -0.493 e. The van der Waals surface area contributed by atoms with Crippen LogP contribution in [-0.4, -0.2) is 37.1 Å². The highest BCUT2D eigenvalue weighted by Gasteiger charge is 2.28. The Kier molecular flexibility index (Phi) is 6.27. The second-order valence-electron chi connectivity index (χ2n) is 7.65. The van der Waals surface area contributed by atoms with Crippen LogP contribution < -0.4 is 9.47 Å². The normalized spacial score (nSPS) is 16.8. The van der Waals surface area contributed by atoms with Crippen molar-refractivity contribution in [3.05, 3.63) is 23.8 Å². The molecule has 0 radical (unpaired) electrons. The second kappa shape index (κ2) is 8.02. The van der Waals surface area contributed by atoms with Gasteiger partial charge in [0.1, 0.15) is 11.5 Å². The molecule has 1 aromatic carbocycles. The first-order chi connectivity index (χ1) is 11.3. The number of nitrogens with zero attached hydrogens (tertiary/aromatic N) is 1. The van der Waals surface area contributed by atoms with E-state index in [9.17, 15) is 4.79 Å². The maximum atomic E-state index is 12.1. The summed E-state index contributed by atoms with van der Waals surface area (Å²) < 4.78 is 11.4. The van der Waals surface area contributed by atoms with E-state index >= 15 is 0 Å². The molecule has 0 fully saturated rings. The summed E-state index contributed by atoms with van der Waals surface area (Å²) >= 11 is 0. The number of fused-ring (bicyclic) bond motifs is 1. The smallest absolute Gasteiger partial charge is 0.316 e. The molecule has 0 aromatic heterocycles. The first kappa shape index (κ1) is 18.8. The molecule has 0 saturated carbocycles. The topological polar surface area (TPSA) is 38.8 Å². The minimum absolute atomic E-state index is 0.212. The Balaban J connectivity index is 2.11. The van der Waals surface area contributed by atoms with E-state index in [1.165, 1.54) is 0 Å². The molecule has 1 aromatic rings. The van der Waals surface area contributed by atoms with E-state index < -0.39 is 5.41 Å². The summed E-state index contributed by atoms with van der Waals surface area (Å²) in [6.07, 6.45) is 2.31. The molecule has 0 bridgehead atoms. The van der Waals surface area contributed by atoms with E-state index in [2.05, 4.69) is 18.7 Å². The number of benzene rings is 1. The van der Waals surface area contributed by atoms with Crippen LogP contribution in [0.5, 0.6) is 11.5 Å². The molecule has 1 atom stereocenters. The molecule has 1 aliphatic rings. The number of esters is 1. The van der Waals surface area contributed by atoms with Crippen molar-refractivity contribution in [2.75, 3.05) is 26.2 Å². The second-order valence-corrected chi connectivity index (χ2v) is 7.65. The summed E-state index contributed by atoms with van der Waals surface area (Å²) in [5.41, 5.74) is 0.653. The van der Waals surface area contributed by atoms with Gasteiger partial charge in [0.2, 0.25) is 0 Å². The third-order valence-electron chi connectivity index (χ3n) is 4.24. The summed E-state index contributed by atoms with van der Waals surface area (Å²) in [5.74, 6) is 1.66. The van der Waals surface area contributed by atoms with Gasteiger partial charge in [-0.25, -0.2) is 0 Å². The van der Waals surface area contributed by atoms with Crippen molar-refractivity contribution in [3.63, 3.8) is 0 Å². The SMILES string of the molecule is CCCN(CCC)CC1COc2ccc(OC(=O)C(C)(C)C)cc21. The van der Waals surface area contributed by atoms with Crippen molar-refractivity contribution in [3.8, 4) is 11.5 Å². The van der Waals surface area contributed by atoms with Crippen LogP contribution in [0.15, 0.2) is 18.2 Å². The van der Waals surface area contributed by atoms with E-state index in [1.54, 1.807) is 0 Å². The first-order valence-electron chi connectivity index (χ1n) is 9.06. The molecule has 0 N–H and O–H groups in total. The van der Waals surface area contributed by atoms with Crippen molar-refractivity contribution < 1.29 is 14.3 Å². The Hall–Kier alpha value is -1.55.